The molecule has 0 heterocycles. The van der Waals surface area contributed by atoms with Crippen LogP contribution in [0.5, 0.6) is 0 Å². The number of amides is 1. The normalized spacial score (nSPS) is 13.8. The van der Waals surface area contributed by atoms with Crippen LogP contribution in [0.15, 0.2) is 24.3 Å². The van der Waals surface area contributed by atoms with Gasteiger partial charge >= 0.3 is 17.8 Å². The van der Waals surface area contributed by atoms with Crippen molar-refractivity contribution in [2.45, 2.75) is 18.8 Å². The molecule has 1 atom stereocenters. The molecule has 0 radical (unpaired) electrons. The second-order valence-electron chi connectivity index (χ2n) is 4.28. The average molecular weight is 357 g/mol. The van der Waals surface area contributed by atoms with Gasteiger partial charge in [0.05, 0.1) is 6.61 Å². The molecule has 0 spiro atoms. The van der Waals surface area contributed by atoms with Gasteiger partial charge < -0.3 is 15.4 Å². The third kappa shape index (κ3) is 4.47. The van der Waals surface area contributed by atoms with Crippen LogP contribution in [0, 0.1) is 5.82 Å². The quantitative estimate of drug-likeness (QED) is 0.355. The maximum absolute atomic E-state index is 13.5. The van der Waals surface area contributed by atoms with Gasteiger partial charge in [0.2, 0.25) is 5.91 Å². The van der Waals surface area contributed by atoms with E-state index in [1.165, 1.54) is 12.2 Å². The number of hydrogen-bond donors (Lipinski definition) is 2. The Kier molecular flexibility index (Phi) is 6.20. The number of hydrogen-bond acceptors (Lipinski definition) is 4. The summed E-state index contributed by atoms with van der Waals surface area (Å²) in [5.41, 5.74) is -3.81. The molecule has 1 aromatic carbocycles. The highest BCUT2D eigenvalue weighted by molar-refractivity contribution is 6.27. The van der Waals surface area contributed by atoms with Gasteiger partial charge in [-0.2, -0.15) is 13.2 Å². The van der Waals surface area contributed by atoms with Gasteiger partial charge in [-0.3, -0.25) is 4.79 Å². The highest BCUT2D eigenvalue weighted by Crippen LogP contribution is 2.33. The van der Waals surface area contributed by atoms with Crippen LogP contribution in [0.2, 0.25) is 0 Å². The summed E-state index contributed by atoms with van der Waals surface area (Å²) in [7, 11) is 0. The highest BCUT2D eigenvalue weighted by atomic mass is 35.5. The Morgan fingerprint density at radius 1 is 1.22 bits per heavy atom. The first-order chi connectivity index (χ1) is 10.7. The third-order valence-corrected chi connectivity index (χ3v) is 2.87. The van der Waals surface area contributed by atoms with E-state index in [1.54, 1.807) is 0 Å². The van der Waals surface area contributed by atoms with Crippen LogP contribution in [-0.4, -0.2) is 36.2 Å². The molecule has 0 aliphatic rings. The third-order valence-electron chi connectivity index (χ3n) is 2.63. The van der Waals surface area contributed by atoms with Crippen LogP contribution in [0.3, 0.4) is 0 Å². The molecule has 1 rings (SSSR count). The number of nitrogens with one attached hydrogen (secondary N) is 2. The largest absolute Gasteiger partial charge is 0.463 e. The number of anilines is 1. The first kappa shape index (κ1) is 19.0. The van der Waals surface area contributed by atoms with Crippen LogP contribution in [-0.2, 0) is 14.3 Å². The zero-order valence-electron chi connectivity index (χ0n) is 11.8. The minimum absolute atomic E-state index is 0.258. The van der Waals surface area contributed by atoms with Crippen molar-refractivity contribution < 1.29 is 31.9 Å². The summed E-state index contributed by atoms with van der Waals surface area (Å²) < 4.78 is 57.8. The zero-order chi connectivity index (χ0) is 17.7. The summed E-state index contributed by atoms with van der Waals surface area (Å²) in [6, 6.07) is 3.72. The Bertz CT molecular complexity index is 565. The smallest absolute Gasteiger partial charge is 0.441 e. The fourth-order valence-electron chi connectivity index (χ4n) is 1.62. The molecule has 0 aromatic heterocycles. The van der Waals surface area contributed by atoms with Crippen molar-refractivity contribution in [3.63, 3.8) is 0 Å². The van der Waals surface area contributed by atoms with Gasteiger partial charge in [0.1, 0.15) is 11.7 Å². The topological polar surface area (TPSA) is 67.4 Å². The average Bonchev–Trinajstić information content (AvgIpc) is 2.47. The minimum Gasteiger partial charge on any atom is -0.463 e. The molecule has 128 valence electrons. The SMILES string of the molecule is CCOC(=O)C(NC(=O)CCl)(Nc1ccc(F)cc1)C(F)(F)F. The molecule has 1 aromatic rings. The maximum Gasteiger partial charge on any atom is 0.441 e. The summed E-state index contributed by atoms with van der Waals surface area (Å²) in [6.45, 7) is 0.957. The molecule has 0 saturated heterocycles. The van der Waals surface area contributed by atoms with E-state index in [0.717, 1.165) is 24.3 Å². The monoisotopic (exact) mass is 356 g/mol. The molecule has 0 fully saturated rings. The van der Waals surface area contributed by atoms with Crippen molar-refractivity contribution in [2.75, 3.05) is 17.8 Å². The van der Waals surface area contributed by atoms with E-state index in [1.807, 2.05) is 5.32 Å². The molecule has 2 N–H and O–H groups in total. The van der Waals surface area contributed by atoms with Crippen LogP contribution >= 0.6 is 11.6 Å². The second-order valence-corrected chi connectivity index (χ2v) is 4.55. The minimum atomic E-state index is -5.25. The van der Waals surface area contributed by atoms with Crippen molar-refractivity contribution in [1.29, 1.82) is 0 Å². The predicted molar refractivity (Wildman–Crippen MR) is 74.3 cm³/mol. The Morgan fingerprint density at radius 2 is 1.78 bits per heavy atom. The molecule has 5 nitrogen and oxygen atoms in total. The predicted octanol–water partition coefficient (Wildman–Crippen LogP) is 2.41. The maximum atomic E-state index is 13.5. The van der Waals surface area contributed by atoms with E-state index in [9.17, 15) is 27.2 Å². The first-order valence-corrected chi connectivity index (χ1v) is 6.84. The Balaban J connectivity index is 3.32. The molecule has 10 heteroatoms. The fraction of sp³-hybridized carbons (Fsp3) is 0.385. The van der Waals surface area contributed by atoms with Gasteiger partial charge in [-0.25, -0.2) is 9.18 Å². The number of alkyl halides is 4. The summed E-state index contributed by atoms with van der Waals surface area (Å²) in [4.78, 5) is 23.3. The van der Waals surface area contributed by atoms with Crippen molar-refractivity contribution in [2.24, 2.45) is 0 Å². The number of halogens is 5. The Hall–Kier alpha value is -2.03. The van der Waals surface area contributed by atoms with Gasteiger partial charge in [0.15, 0.2) is 0 Å². The van der Waals surface area contributed by atoms with Gasteiger partial charge in [0, 0.05) is 5.69 Å². The van der Waals surface area contributed by atoms with E-state index in [-0.39, 0.29) is 12.3 Å². The molecule has 1 unspecified atom stereocenters. The lowest BCUT2D eigenvalue weighted by molar-refractivity contribution is -0.207. The van der Waals surface area contributed by atoms with E-state index >= 15 is 0 Å². The van der Waals surface area contributed by atoms with Gasteiger partial charge in [-0.05, 0) is 31.2 Å². The molecular formula is C13H13ClF4N2O3. The lowest BCUT2D eigenvalue weighted by Crippen LogP contribution is -2.69. The summed E-state index contributed by atoms with van der Waals surface area (Å²) >= 11 is 5.20. The number of benzene rings is 1. The van der Waals surface area contributed by atoms with Gasteiger partial charge in [0.25, 0.3) is 0 Å². The molecule has 0 bridgehead atoms. The number of ether oxygens (including phenoxy) is 1. The number of carbonyl (C=O) groups is 2. The van der Waals surface area contributed by atoms with Gasteiger partial charge in [-0.1, -0.05) is 0 Å². The van der Waals surface area contributed by atoms with E-state index < -0.39 is 35.4 Å². The number of carbonyl (C=O) groups excluding carboxylic acids is 2. The van der Waals surface area contributed by atoms with Crippen LogP contribution in [0.25, 0.3) is 0 Å². The van der Waals surface area contributed by atoms with Crippen molar-refractivity contribution in [3.8, 4) is 0 Å². The highest BCUT2D eigenvalue weighted by Gasteiger charge is 2.63. The molecule has 23 heavy (non-hydrogen) atoms. The first-order valence-electron chi connectivity index (χ1n) is 6.31. The standard InChI is InChI=1S/C13H13ClF4N2O3/c1-2-23-11(22)12(13(16,17)18,20-10(21)7-14)19-9-5-3-8(15)4-6-9/h3-6,19H,2,7H2,1H3,(H,20,21). The van der Waals surface area contributed by atoms with E-state index in [0.29, 0.717) is 0 Å². The van der Waals surface area contributed by atoms with Crippen molar-refractivity contribution in [3.05, 3.63) is 30.1 Å². The summed E-state index contributed by atoms with van der Waals surface area (Å²) in [5, 5.41) is 3.35. The van der Waals surface area contributed by atoms with Gasteiger partial charge in [-0.15, -0.1) is 11.6 Å². The number of esters is 1. The fourth-order valence-corrected chi connectivity index (χ4v) is 1.69. The van der Waals surface area contributed by atoms with E-state index in [2.05, 4.69) is 4.74 Å². The van der Waals surface area contributed by atoms with Crippen LogP contribution in [0.4, 0.5) is 23.2 Å². The summed E-state index contributed by atoms with van der Waals surface area (Å²) in [5.74, 6) is -4.50. The van der Waals surface area contributed by atoms with Crippen LogP contribution < -0.4 is 10.6 Å². The second kappa shape index (κ2) is 7.49. The summed E-state index contributed by atoms with van der Waals surface area (Å²) in [6.07, 6.45) is -5.25. The molecule has 0 aliphatic carbocycles. The van der Waals surface area contributed by atoms with E-state index in [4.69, 9.17) is 11.6 Å². The van der Waals surface area contributed by atoms with Crippen molar-refractivity contribution in [1.82, 2.24) is 5.32 Å². The zero-order valence-corrected chi connectivity index (χ0v) is 12.6. The lowest BCUT2D eigenvalue weighted by atomic mass is 10.1. The van der Waals surface area contributed by atoms with Crippen molar-refractivity contribution >= 4 is 29.2 Å². The van der Waals surface area contributed by atoms with Crippen LogP contribution in [0.1, 0.15) is 6.92 Å². The lowest BCUT2D eigenvalue weighted by Gasteiger charge is -2.35. The Labute approximate surface area is 133 Å². The molecule has 1 amide bonds. The molecular weight excluding hydrogens is 344 g/mol. The molecule has 0 saturated carbocycles. The Morgan fingerprint density at radius 3 is 2.22 bits per heavy atom. The molecule has 0 aliphatic heterocycles. The number of rotatable bonds is 6.